The van der Waals surface area contributed by atoms with Crippen LogP contribution in [-0.2, 0) is 14.2 Å². The Hall–Kier alpha value is -1.16. The molecule has 0 aliphatic heterocycles. The number of rotatable bonds is 19. The predicted molar refractivity (Wildman–Crippen MR) is 116 cm³/mol. The summed E-state index contributed by atoms with van der Waals surface area (Å²) >= 11 is 0. The fraction of sp³-hybridized carbons (Fsp3) is 0.739. The predicted octanol–water partition coefficient (Wildman–Crippen LogP) is 7.56. The van der Waals surface area contributed by atoms with Crippen LogP contribution in [0.2, 0.25) is 6.04 Å². The van der Waals surface area contributed by atoms with Gasteiger partial charge in [0.2, 0.25) is 0 Å². The monoisotopic (exact) mass is 393 g/mol. The molecule has 0 atom stereocenters. The Morgan fingerprint density at radius 2 is 1.04 bits per heavy atom. The van der Waals surface area contributed by atoms with E-state index in [1.165, 1.54) is 19.3 Å². The van der Waals surface area contributed by atoms with E-state index in [9.17, 15) is 0 Å². The maximum atomic E-state index is 5.98. The molecular formula is C23H41O3Si. The standard InChI is InChI=1S/C23H41O3Si/c1-4-7-14-19-24-23(25-20-15-8-5-2,26-21-16-9-6-3)18-13-11-10-12-17-22-27/h14-16,19-21H,4-13,17-18,22H2,1-3H3. The molecule has 0 aromatic carbocycles. The molecule has 0 fully saturated rings. The van der Waals surface area contributed by atoms with Gasteiger partial charge in [0.05, 0.1) is 25.2 Å². The van der Waals surface area contributed by atoms with Crippen molar-refractivity contribution in [1.29, 1.82) is 0 Å². The lowest BCUT2D eigenvalue weighted by Crippen LogP contribution is -2.34. The number of ether oxygens (including phenoxy) is 3. The Kier molecular flexibility index (Phi) is 18.8. The van der Waals surface area contributed by atoms with Gasteiger partial charge in [-0.05, 0) is 43.9 Å². The molecule has 0 aliphatic carbocycles. The van der Waals surface area contributed by atoms with Crippen LogP contribution in [0.25, 0.3) is 0 Å². The van der Waals surface area contributed by atoms with Crippen molar-refractivity contribution < 1.29 is 14.2 Å². The molecule has 0 saturated heterocycles. The van der Waals surface area contributed by atoms with Crippen molar-refractivity contribution in [1.82, 2.24) is 0 Å². The summed E-state index contributed by atoms with van der Waals surface area (Å²) in [6, 6.07) is 1.08. The van der Waals surface area contributed by atoms with Crippen LogP contribution in [0.15, 0.2) is 37.0 Å². The number of hydrogen-bond donors (Lipinski definition) is 0. The quantitative estimate of drug-likeness (QED) is 0.0980. The van der Waals surface area contributed by atoms with Crippen LogP contribution in [0.5, 0.6) is 0 Å². The summed E-state index contributed by atoms with van der Waals surface area (Å²) in [5.41, 5.74) is 0. The van der Waals surface area contributed by atoms with E-state index in [2.05, 4.69) is 31.0 Å². The minimum Gasteiger partial charge on any atom is -0.429 e. The van der Waals surface area contributed by atoms with Crippen LogP contribution in [0.3, 0.4) is 0 Å². The maximum absolute atomic E-state index is 5.98. The molecule has 3 radical (unpaired) electrons. The Labute approximate surface area is 171 Å². The zero-order chi connectivity index (χ0) is 20.1. The molecule has 0 amide bonds. The molecule has 0 aromatic heterocycles. The first-order valence-corrected chi connectivity index (χ1v) is 11.6. The number of hydrogen-bond acceptors (Lipinski definition) is 3. The fourth-order valence-corrected chi connectivity index (χ4v) is 2.67. The highest BCUT2D eigenvalue weighted by atomic mass is 28.1. The first-order chi connectivity index (χ1) is 13.2. The van der Waals surface area contributed by atoms with Crippen molar-refractivity contribution in [3.05, 3.63) is 37.0 Å². The molecular weight excluding hydrogens is 352 g/mol. The molecule has 27 heavy (non-hydrogen) atoms. The highest BCUT2D eigenvalue weighted by molar-refractivity contribution is 6.08. The zero-order valence-electron chi connectivity index (χ0n) is 17.9. The lowest BCUT2D eigenvalue weighted by atomic mass is 10.1. The van der Waals surface area contributed by atoms with Crippen LogP contribution in [0, 0.1) is 0 Å². The number of allylic oxidation sites excluding steroid dienone is 3. The minimum absolute atomic E-state index is 0.699. The minimum atomic E-state index is -1.08. The maximum Gasteiger partial charge on any atom is 0.415 e. The highest BCUT2D eigenvalue weighted by Crippen LogP contribution is 2.26. The molecule has 0 aromatic rings. The third kappa shape index (κ3) is 15.6. The van der Waals surface area contributed by atoms with Crippen LogP contribution >= 0.6 is 0 Å². The molecule has 0 unspecified atom stereocenters. The average Bonchev–Trinajstić information content (AvgIpc) is 2.68. The van der Waals surface area contributed by atoms with Crippen molar-refractivity contribution >= 4 is 10.2 Å². The Bertz CT molecular complexity index is 346. The largest absolute Gasteiger partial charge is 0.429 e. The van der Waals surface area contributed by atoms with E-state index in [-0.39, 0.29) is 0 Å². The van der Waals surface area contributed by atoms with Gasteiger partial charge in [-0.1, -0.05) is 71.8 Å². The van der Waals surface area contributed by atoms with Gasteiger partial charge < -0.3 is 14.2 Å². The van der Waals surface area contributed by atoms with Gasteiger partial charge in [-0.3, -0.25) is 0 Å². The Balaban J connectivity index is 4.92. The van der Waals surface area contributed by atoms with Gasteiger partial charge in [0, 0.05) is 10.2 Å². The lowest BCUT2D eigenvalue weighted by molar-refractivity contribution is -0.321. The normalized spacial score (nSPS) is 14.2. The molecule has 155 valence electrons. The number of unbranched alkanes of at least 4 members (excludes halogenated alkanes) is 7. The molecule has 0 heterocycles. The third-order valence-corrected chi connectivity index (χ3v) is 4.41. The van der Waals surface area contributed by atoms with E-state index in [1.54, 1.807) is 18.8 Å². The Morgan fingerprint density at radius 3 is 1.44 bits per heavy atom. The lowest BCUT2D eigenvalue weighted by Gasteiger charge is -2.30. The van der Waals surface area contributed by atoms with Crippen molar-refractivity contribution in [3.63, 3.8) is 0 Å². The van der Waals surface area contributed by atoms with Gasteiger partial charge >= 0.3 is 5.97 Å². The van der Waals surface area contributed by atoms with Crippen LogP contribution < -0.4 is 0 Å². The molecule has 0 N–H and O–H groups in total. The smallest absolute Gasteiger partial charge is 0.415 e. The van der Waals surface area contributed by atoms with Gasteiger partial charge in [-0.15, -0.1) is 0 Å². The van der Waals surface area contributed by atoms with Gasteiger partial charge in [-0.25, -0.2) is 0 Å². The van der Waals surface area contributed by atoms with E-state index in [4.69, 9.17) is 14.2 Å². The van der Waals surface area contributed by atoms with Crippen LogP contribution in [-0.4, -0.2) is 16.2 Å². The van der Waals surface area contributed by atoms with Gasteiger partial charge in [0.1, 0.15) is 0 Å². The van der Waals surface area contributed by atoms with Gasteiger partial charge in [0.25, 0.3) is 0 Å². The second-order valence-electron chi connectivity index (χ2n) is 6.79. The summed E-state index contributed by atoms with van der Waals surface area (Å²) in [4.78, 5) is 0. The summed E-state index contributed by atoms with van der Waals surface area (Å²) in [5, 5.41) is 0. The molecule has 0 aliphatic rings. The first kappa shape index (κ1) is 25.8. The first-order valence-electron chi connectivity index (χ1n) is 10.9. The van der Waals surface area contributed by atoms with Crippen molar-refractivity contribution in [2.45, 2.75) is 110 Å². The van der Waals surface area contributed by atoms with Gasteiger partial charge in [0.15, 0.2) is 0 Å². The zero-order valence-corrected chi connectivity index (χ0v) is 18.9. The van der Waals surface area contributed by atoms with E-state index in [0.29, 0.717) is 6.42 Å². The summed E-state index contributed by atoms with van der Waals surface area (Å²) < 4.78 is 18.0. The summed E-state index contributed by atoms with van der Waals surface area (Å²) in [6.07, 6.45) is 24.1. The van der Waals surface area contributed by atoms with Crippen molar-refractivity contribution in [3.8, 4) is 0 Å². The van der Waals surface area contributed by atoms with E-state index >= 15 is 0 Å². The SMILES string of the molecule is CCCC=COC(CCCCCCC[Si])(OC=CCCC)OC=CCCC. The van der Waals surface area contributed by atoms with Crippen LogP contribution in [0.1, 0.15) is 97.8 Å². The average molecular weight is 394 g/mol. The van der Waals surface area contributed by atoms with Crippen molar-refractivity contribution in [2.24, 2.45) is 0 Å². The molecule has 0 saturated carbocycles. The second kappa shape index (κ2) is 19.6. The topological polar surface area (TPSA) is 27.7 Å². The van der Waals surface area contributed by atoms with Crippen LogP contribution in [0.4, 0.5) is 0 Å². The third-order valence-electron chi connectivity index (χ3n) is 4.06. The fourth-order valence-electron chi connectivity index (χ4n) is 2.42. The summed E-state index contributed by atoms with van der Waals surface area (Å²) in [7, 11) is 3.54. The summed E-state index contributed by atoms with van der Waals surface area (Å²) in [5.74, 6) is -1.08. The molecule has 3 nitrogen and oxygen atoms in total. The second-order valence-corrected chi connectivity index (χ2v) is 7.29. The molecule has 0 bridgehead atoms. The Morgan fingerprint density at radius 1 is 0.630 bits per heavy atom. The highest BCUT2D eigenvalue weighted by Gasteiger charge is 2.34. The molecule has 0 spiro atoms. The van der Waals surface area contributed by atoms with Gasteiger partial charge in [-0.2, -0.15) is 0 Å². The van der Waals surface area contributed by atoms with Crippen molar-refractivity contribution in [2.75, 3.05) is 0 Å². The van der Waals surface area contributed by atoms with E-state index < -0.39 is 5.97 Å². The molecule has 0 rings (SSSR count). The van der Waals surface area contributed by atoms with E-state index in [0.717, 1.165) is 57.4 Å². The molecule has 4 heteroatoms. The van der Waals surface area contributed by atoms with E-state index in [1.807, 2.05) is 18.2 Å². The summed E-state index contributed by atoms with van der Waals surface area (Å²) in [6.45, 7) is 6.45.